The molecule has 2 aromatic rings. The summed E-state index contributed by atoms with van der Waals surface area (Å²) in [6.07, 6.45) is 6.22. The maximum absolute atomic E-state index is 13.2. The van der Waals surface area contributed by atoms with Crippen LogP contribution in [0.5, 0.6) is 0 Å². The number of sulfonamides is 1. The van der Waals surface area contributed by atoms with Crippen LogP contribution in [0.25, 0.3) is 0 Å². The number of hydrogen-bond donors (Lipinski definition) is 1. The first-order valence-corrected chi connectivity index (χ1v) is 12.9. The Morgan fingerprint density at radius 2 is 1.70 bits per heavy atom. The van der Waals surface area contributed by atoms with Crippen molar-refractivity contribution in [3.63, 3.8) is 0 Å². The van der Waals surface area contributed by atoms with Crippen molar-refractivity contribution in [1.29, 1.82) is 0 Å². The Hall–Kier alpha value is -1.97. The summed E-state index contributed by atoms with van der Waals surface area (Å²) in [4.78, 5) is 20.0. The van der Waals surface area contributed by atoms with Crippen molar-refractivity contribution >= 4 is 38.6 Å². The molecule has 3 heterocycles. The summed E-state index contributed by atoms with van der Waals surface area (Å²) in [6.45, 7) is 4.71. The smallest absolute Gasteiger partial charge is 0.267 e. The minimum absolute atomic E-state index is 0.237. The summed E-state index contributed by atoms with van der Waals surface area (Å²) in [5, 5.41) is 2.97. The number of rotatable bonds is 5. The Kier molecular flexibility index (Phi) is 6.40. The minimum atomic E-state index is -3.58. The van der Waals surface area contributed by atoms with Gasteiger partial charge in [0, 0.05) is 26.2 Å². The fourth-order valence-electron chi connectivity index (χ4n) is 4.14. The molecule has 0 saturated carbocycles. The molecule has 1 N–H and O–H groups in total. The van der Waals surface area contributed by atoms with Crippen LogP contribution in [0, 0.1) is 6.92 Å². The molecule has 7 nitrogen and oxygen atoms in total. The molecule has 0 aliphatic carbocycles. The number of benzene rings is 1. The van der Waals surface area contributed by atoms with Crippen LogP contribution in [-0.2, 0) is 10.0 Å². The van der Waals surface area contributed by atoms with Gasteiger partial charge in [0.05, 0.1) is 27.5 Å². The van der Waals surface area contributed by atoms with E-state index in [0.29, 0.717) is 29.3 Å². The second-order valence-electron chi connectivity index (χ2n) is 7.91. The lowest BCUT2D eigenvalue weighted by molar-refractivity contribution is 0.102. The van der Waals surface area contributed by atoms with Gasteiger partial charge < -0.3 is 10.2 Å². The second-order valence-corrected chi connectivity index (χ2v) is 10.7. The molecule has 0 radical (unpaired) electrons. The van der Waals surface area contributed by atoms with Crippen LogP contribution in [-0.4, -0.2) is 49.8 Å². The first-order chi connectivity index (χ1) is 14.5. The quantitative estimate of drug-likeness (QED) is 0.751. The van der Waals surface area contributed by atoms with Gasteiger partial charge in [0.1, 0.15) is 4.88 Å². The standard InChI is InChI=1S/C21H28N4O3S2/c1-16-20(29-15-22-16)21(26)23-18-14-17(30(27,28)25-12-6-3-7-13-25)8-9-19(18)24-10-4-2-5-11-24/h8-9,14-15H,2-7,10-13H2,1H3,(H,23,26). The van der Waals surface area contributed by atoms with Gasteiger partial charge in [-0.15, -0.1) is 11.3 Å². The summed E-state index contributed by atoms with van der Waals surface area (Å²) in [7, 11) is -3.58. The molecule has 0 spiro atoms. The van der Waals surface area contributed by atoms with Crippen LogP contribution < -0.4 is 10.2 Å². The molecule has 2 fully saturated rings. The third-order valence-corrected chi connectivity index (χ3v) is 8.64. The van der Waals surface area contributed by atoms with Crippen LogP contribution in [0.1, 0.15) is 53.9 Å². The number of carbonyl (C=O) groups is 1. The number of aryl methyl sites for hydroxylation is 1. The SMILES string of the molecule is Cc1ncsc1C(=O)Nc1cc(S(=O)(=O)N2CCCCC2)ccc1N1CCCCC1. The number of amides is 1. The van der Waals surface area contributed by atoms with Crippen molar-refractivity contribution in [3.8, 4) is 0 Å². The molecule has 1 amide bonds. The fraction of sp³-hybridized carbons (Fsp3) is 0.524. The van der Waals surface area contributed by atoms with Crippen molar-refractivity contribution in [2.24, 2.45) is 0 Å². The molecule has 2 aliphatic heterocycles. The van der Waals surface area contributed by atoms with Gasteiger partial charge in [0.25, 0.3) is 5.91 Å². The number of aromatic nitrogens is 1. The lowest BCUT2D eigenvalue weighted by Gasteiger charge is -2.31. The lowest BCUT2D eigenvalue weighted by atomic mass is 10.1. The number of carbonyl (C=O) groups excluding carboxylic acids is 1. The van der Waals surface area contributed by atoms with Crippen molar-refractivity contribution < 1.29 is 13.2 Å². The van der Waals surface area contributed by atoms with Crippen LogP contribution in [0.2, 0.25) is 0 Å². The highest BCUT2D eigenvalue weighted by Crippen LogP contribution is 2.33. The Bertz CT molecular complexity index is 1010. The van der Waals surface area contributed by atoms with Gasteiger partial charge in [-0.1, -0.05) is 6.42 Å². The largest absolute Gasteiger partial charge is 0.370 e. The predicted octanol–water partition coefficient (Wildman–Crippen LogP) is 3.87. The van der Waals surface area contributed by atoms with Crippen molar-refractivity contribution in [2.75, 3.05) is 36.4 Å². The third kappa shape index (κ3) is 4.38. The van der Waals surface area contributed by atoms with Crippen LogP contribution >= 0.6 is 11.3 Å². The molecule has 1 aromatic heterocycles. The molecule has 30 heavy (non-hydrogen) atoms. The Balaban J connectivity index is 1.69. The highest BCUT2D eigenvalue weighted by molar-refractivity contribution is 7.89. The lowest BCUT2D eigenvalue weighted by Crippen LogP contribution is -2.35. The monoisotopic (exact) mass is 448 g/mol. The first-order valence-electron chi connectivity index (χ1n) is 10.6. The van der Waals surface area contributed by atoms with E-state index in [2.05, 4.69) is 15.2 Å². The molecular weight excluding hydrogens is 420 g/mol. The van der Waals surface area contributed by atoms with E-state index in [1.54, 1.807) is 28.9 Å². The van der Waals surface area contributed by atoms with E-state index in [1.807, 2.05) is 6.07 Å². The Morgan fingerprint density at radius 1 is 1.03 bits per heavy atom. The van der Waals surface area contributed by atoms with E-state index in [4.69, 9.17) is 0 Å². The predicted molar refractivity (Wildman–Crippen MR) is 120 cm³/mol. The molecular formula is C21H28N4O3S2. The van der Waals surface area contributed by atoms with E-state index in [-0.39, 0.29) is 10.8 Å². The zero-order valence-corrected chi connectivity index (χ0v) is 18.9. The maximum atomic E-state index is 13.2. The molecule has 0 atom stereocenters. The molecule has 2 saturated heterocycles. The van der Waals surface area contributed by atoms with Gasteiger partial charge in [-0.05, 0) is 57.2 Å². The molecule has 4 rings (SSSR count). The van der Waals surface area contributed by atoms with Gasteiger partial charge >= 0.3 is 0 Å². The van der Waals surface area contributed by atoms with Gasteiger partial charge in [0.2, 0.25) is 10.0 Å². The van der Waals surface area contributed by atoms with Crippen LogP contribution in [0.4, 0.5) is 11.4 Å². The van der Waals surface area contributed by atoms with Crippen molar-refractivity contribution in [1.82, 2.24) is 9.29 Å². The number of thiazole rings is 1. The number of nitrogens with zero attached hydrogens (tertiary/aromatic N) is 3. The molecule has 1 aromatic carbocycles. The van der Waals surface area contributed by atoms with Gasteiger partial charge in [0.15, 0.2) is 0 Å². The topological polar surface area (TPSA) is 82.6 Å². The summed E-state index contributed by atoms with van der Waals surface area (Å²) >= 11 is 1.29. The van der Waals surface area contributed by atoms with Crippen LogP contribution in [0.15, 0.2) is 28.6 Å². The normalized spacial score (nSPS) is 18.4. The zero-order chi connectivity index (χ0) is 21.1. The number of anilines is 2. The van der Waals surface area contributed by atoms with Crippen LogP contribution in [0.3, 0.4) is 0 Å². The number of hydrogen-bond acceptors (Lipinski definition) is 6. The molecule has 9 heteroatoms. The highest BCUT2D eigenvalue weighted by Gasteiger charge is 2.28. The van der Waals surface area contributed by atoms with Gasteiger partial charge in [-0.2, -0.15) is 4.31 Å². The molecule has 0 unspecified atom stereocenters. The van der Waals surface area contributed by atoms with Gasteiger partial charge in [-0.25, -0.2) is 13.4 Å². The van der Waals surface area contributed by atoms with Gasteiger partial charge in [-0.3, -0.25) is 4.79 Å². The third-order valence-electron chi connectivity index (χ3n) is 5.82. The Morgan fingerprint density at radius 3 is 2.33 bits per heavy atom. The number of piperidine rings is 2. The molecule has 2 aliphatic rings. The molecule has 0 bridgehead atoms. The van der Waals surface area contributed by atoms with Crippen molar-refractivity contribution in [3.05, 3.63) is 34.3 Å². The summed E-state index contributed by atoms with van der Waals surface area (Å²) in [5.74, 6) is -0.249. The Labute approximate surface area is 182 Å². The summed E-state index contributed by atoms with van der Waals surface area (Å²) in [6, 6.07) is 5.15. The fourth-order valence-corrected chi connectivity index (χ4v) is 6.38. The van der Waals surface area contributed by atoms with E-state index in [9.17, 15) is 13.2 Å². The average Bonchev–Trinajstić information content (AvgIpc) is 3.21. The minimum Gasteiger partial charge on any atom is -0.370 e. The van der Waals surface area contributed by atoms with E-state index in [1.165, 1.54) is 17.8 Å². The number of nitrogens with one attached hydrogen (secondary N) is 1. The van der Waals surface area contributed by atoms with E-state index >= 15 is 0 Å². The van der Waals surface area contributed by atoms with E-state index in [0.717, 1.165) is 50.9 Å². The molecule has 162 valence electrons. The zero-order valence-electron chi connectivity index (χ0n) is 17.3. The first kappa shape index (κ1) is 21.3. The van der Waals surface area contributed by atoms with Crippen molar-refractivity contribution in [2.45, 2.75) is 50.3 Å². The van der Waals surface area contributed by atoms with E-state index < -0.39 is 10.0 Å². The summed E-state index contributed by atoms with van der Waals surface area (Å²) in [5.41, 5.74) is 3.75. The highest BCUT2D eigenvalue weighted by atomic mass is 32.2. The average molecular weight is 449 g/mol. The summed E-state index contributed by atoms with van der Waals surface area (Å²) < 4.78 is 27.9. The maximum Gasteiger partial charge on any atom is 0.267 e. The second kappa shape index (κ2) is 9.03.